The Hall–Kier alpha value is -1.56. The molecule has 2 N–H and O–H groups in total. The van der Waals surface area contributed by atoms with Gasteiger partial charge in [0.05, 0.1) is 0 Å². The number of hydrogen-bond donors (Lipinski definition) is 2. The molecule has 0 aromatic rings. The van der Waals surface area contributed by atoms with Crippen LogP contribution in [0.2, 0.25) is 0 Å². The van der Waals surface area contributed by atoms with Crippen LogP contribution in [0.15, 0.2) is 11.8 Å². The second kappa shape index (κ2) is 29.5. The highest BCUT2D eigenvalue weighted by molar-refractivity contribution is 5.72. The van der Waals surface area contributed by atoms with E-state index in [1.165, 1.54) is 122 Å². The van der Waals surface area contributed by atoms with E-state index < -0.39 is 23.7 Å². The van der Waals surface area contributed by atoms with Crippen molar-refractivity contribution < 1.29 is 29.3 Å². The van der Waals surface area contributed by atoms with E-state index in [0.717, 1.165) is 44.6 Å². The number of aliphatic hydroxyl groups excluding tert-OH is 1. The molecule has 42 heavy (non-hydrogen) atoms. The Morgan fingerprint density at radius 2 is 0.738 bits per heavy atom. The summed E-state index contributed by atoms with van der Waals surface area (Å²) >= 11 is 0. The average Bonchev–Trinajstić information content (AvgIpc) is 2.97. The van der Waals surface area contributed by atoms with Gasteiger partial charge >= 0.3 is 17.9 Å². The standard InChI is InChI=1S/C36H68O6/c1-4-7-9-11-13-15-17-19-21-23-25-27-29-31-34(38)41-36(40,33(37)6-3)42-35(39)32-30-28-26-24-22-20-18-16-14-12-10-8-5-2/h6,37,40H,4-5,7-32H2,1-3H3. The van der Waals surface area contributed by atoms with Gasteiger partial charge in [0.1, 0.15) is 0 Å². The average molecular weight is 597 g/mol. The minimum Gasteiger partial charge on any atom is -0.503 e. The van der Waals surface area contributed by atoms with Crippen LogP contribution in [0.1, 0.15) is 201 Å². The van der Waals surface area contributed by atoms with E-state index in [2.05, 4.69) is 13.8 Å². The van der Waals surface area contributed by atoms with Gasteiger partial charge in [0.15, 0.2) is 0 Å². The summed E-state index contributed by atoms with van der Waals surface area (Å²) in [5.74, 6) is -4.83. The molecule has 0 atom stereocenters. The Balaban J connectivity index is 3.96. The fourth-order valence-electron chi connectivity index (χ4n) is 5.29. The van der Waals surface area contributed by atoms with Crippen LogP contribution in [0.5, 0.6) is 0 Å². The molecule has 0 fully saturated rings. The molecule has 248 valence electrons. The summed E-state index contributed by atoms with van der Waals surface area (Å²) in [4.78, 5) is 24.7. The molecule has 0 radical (unpaired) electrons. The van der Waals surface area contributed by atoms with Gasteiger partial charge in [-0.2, -0.15) is 0 Å². The molecule has 0 aliphatic carbocycles. The number of aliphatic hydroxyl groups is 2. The van der Waals surface area contributed by atoms with Gasteiger partial charge in [-0.1, -0.05) is 168 Å². The summed E-state index contributed by atoms with van der Waals surface area (Å²) in [6, 6.07) is 0. The highest BCUT2D eigenvalue weighted by atomic mass is 16.8. The van der Waals surface area contributed by atoms with E-state index in [1.807, 2.05) is 0 Å². The van der Waals surface area contributed by atoms with Crippen molar-refractivity contribution >= 4 is 11.9 Å². The normalized spacial score (nSPS) is 12.0. The van der Waals surface area contributed by atoms with Crippen LogP contribution in [-0.2, 0) is 19.1 Å². The van der Waals surface area contributed by atoms with Crippen LogP contribution in [0, 0.1) is 0 Å². The molecule has 0 amide bonds. The lowest BCUT2D eigenvalue weighted by molar-refractivity contribution is -0.315. The first-order chi connectivity index (χ1) is 20.4. The van der Waals surface area contributed by atoms with Crippen molar-refractivity contribution in [1.82, 2.24) is 0 Å². The van der Waals surface area contributed by atoms with Crippen LogP contribution in [-0.4, -0.2) is 28.1 Å². The molecule has 6 heteroatoms. The topological polar surface area (TPSA) is 93.1 Å². The van der Waals surface area contributed by atoms with Gasteiger partial charge in [0, 0.05) is 12.8 Å². The van der Waals surface area contributed by atoms with E-state index in [-0.39, 0.29) is 12.8 Å². The zero-order valence-electron chi connectivity index (χ0n) is 27.9. The Kier molecular flexibility index (Phi) is 28.4. The van der Waals surface area contributed by atoms with E-state index in [0.29, 0.717) is 12.8 Å². The molecule has 0 aliphatic heterocycles. The summed E-state index contributed by atoms with van der Waals surface area (Å²) in [6.07, 6.45) is 32.6. The maximum absolute atomic E-state index is 12.3. The second-order valence-electron chi connectivity index (χ2n) is 12.2. The zero-order chi connectivity index (χ0) is 31.2. The number of allylic oxidation sites excluding steroid dienone is 1. The first kappa shape index (κ1) is 40.4. The monoisotopic (exact) mass is 597 g/mol. The van der Waals surface area contributed by atoms with Gasteiger partial charge in [0.25, 0.3) is 0 Å². The first-order valence-corrected chi connectivity index (χ1v) is 17.9. The zero-order valence-corrected chi connectivity index (χ0v) is 27.9. The van der Waals surface area contributed by atoms with Gasteiger partial charge in [-0.05, 0) is 25.8 Å². The number of ether oxygens (including phenoxy) is 2. The third-order valence-corrected chi connectivity index (χ3v) is 8.07. The van der Waals surface area contributed by atoms with Crippen LogP contribution in [0.3, 0.4) is 0 Å². The Morgan fingerprint density at radius 3 is 0.976 bits per heavy atom. The third kappa shape index (κ3) is 25.0. The van der Waals surface area contributed by atoms with Crippen LogP contribution in [0.4, 0.5) is 0 Å². The predicted molar refractivity (Wildman–Crippen MR) is 174 cm³/mol. The summed E-state index contributed by atoms with van der Waals surface area (Å²) in [7, 11) is 0. The van der Waals surface area contributed by atoms with Gasteiger partial charge in [0.2, 0.25) is 5.76 Å². The number of unbranched alkanes of at least 4 members (excludes halogenated alkanes) is 24. The Bertz CT molecular complexity index is 615. The molecule has 6 nitrogen and oxygen atoms in total. The minimum absolute atomic E-state index is 0.105. The Morgan fingerprint density at radius 1 is 0.500 bits per heavy atom. The molecule has 0 heterocycles. The number of rotatable bonds is 31. The quantitative estimate of drug-likeness (QED) is 0.0358. The maximum Gasteiger partial charge on any atom is 0.436 e. The Labute approximate surface area is 259 Å². The highest BCUT2D eigenvalue weighted by Gasteiger charge is 2.41. The molecule has 0 unspecified atom stereocenters. The van der Waals surface area contributed by atoms with Crippen molar-refractivity contribution in [2.24, 2.45) is 0 Å². The highest BCUT2D eigenvalue weighted by Crippen LogP contribution is 2.22. The molecule has 0 aliphatic rings. The largest absolute Gasteiger partial charge is 0.503 e. The second-order valence-corrected chi connectivity index (χ2v) is 12.2. The van der Waals surface area contributed by atoms with Crippen molar-refractivity contribution in [2.45, 2.75) is 207 Å². The van der Waals surface area contributed by atoms with Crippen LogP contribution < -0.4 is 0 Å². The van der Waals surface area contributed by atoms with Crippen LogP contribution >= 0.6 is 0 Å². The smallest absolute Gasteiger partial charge is 0.436 e. The van der Waals surface area contributed by atoms with Crippen molar-refractivity contribution in [2.75, 3.05) is 0 Å². The number of carbonyl (C=O) groups excluding carboxylic acids is 2. The van der Waals surface area contributed by atoms with Gasteiger partial charge < -0.3 is 19.7 Å². The van der Waals surface area contributed by atoms with Gasteiger partial charge in [-0.3, -0.25) is 9.59 Å². The number of esters is 2. The number of hydrogen-bond acceptors (Lipinski definition) is 6. The SMILES string of the molecule is CC=C(O)C(O)(OC(=O)CCCCCCCCCCCCCCC)OC(=O)CCCCCCCCCCCCCCC. The fraction of sp³-hybridized carbons (Fsp3) is 0.889. The fourth-order valence-corrected chi connectivity index (χ4v) is 5.29. The van der Waals surface area contributed by atoms with Crippen molar-refractivity contribution in [3.8, 4) is 0 Å². The molecular formula is C36H68O6. The summed E-state index contributed by atoms with van der Waals surface area (Å²) in [6.45, 7) is 5.97. The summed E-state index contributed by atoms with van der Waals surface area (Å²) < 4.78 is 10.1. The predicted octanol–water partition coefficient (Wildman–Crippen LogP) is 11.1. The van der Waals surface area contributed by atoms with E-state index in [1.54, 1.807) is 0 Å². The lowest BCUT2D eigenvalue weighted by Gasteiger charge is -2.26. The van der Waals surface area contributed by atoms with Crippen molar-refractivity contribution in [3.63, 3.8) is 0 Å². The minimum atomic E-state index is -2.75. The molecule has 0 saturated heterocycles. The third-order valence-electron chi connectivity index (χ3n) is 8.07. The van der Waals surface area contributed by atoms with Crippen LogP contribution in [0.25, 0.3) is 0 Å². The lowest BCUT2D eigenvalue weighted by atomic mass is 10.0. The van der Waals surface area contributed by atoms with Crippen molar-refractivity contribution in [1.29, 1.82) is 0 Å². The molecular weight excluding hydrogens is 528 g/mol. The van der Waals surface area contributed by atoms with Crippen molar-refractivity contribution in [3.05, 3.63) is 11.8 Å². The molecule has 0 aromatic heterocycles. The summed E-state index contributed by atoms with van der Waals surface area (Å²) in [5, 5.41) is 20.7. The molecule has 0 saturated carbocycles. The molecule has 0 aromatic carbocycles. The van der Waals surface area contributed by atoms with E-state index in [4.69, 9.17) is 9.47 Å². The summed E-state index contributed by atoms with van der Waals surface area (Å²) in [5.41, 5.74) is 0. The number of carbonyl (C=O) groups is 2. The van der Waals surface area contributed by atoms with E-state index >= 15 is 0 Å². The molecule has 0 rings (SSSR count). The lowest BCUT2D eigenvalue weighted by Crippen LogP contribution is -2.42. The molecule has 0 bridgehead atoms. The maximum atomic E-state index is 12.3. The molecule has 0 spiro atoms. The van der Waals surface area contributed by atoms with Gasteiger partial charge in [-0.15, -0.1) is 0 Å². The van der Waals surface area contributed by atoms with E-state index in [9.17, 15) is 19.8 Å². The first-order valence-electron chi connectivity index (χ1n) is 17.9. The van der Waals surface area contributed by atoms with Gasteiger partial charge in [-0.25, -0.2) is 0 Å².